The summed E-state index contributed by atoms with van der Waals surface area (Å²) in [6.45, 7) is 5.43. The summed E-state index contributed by atoms with van der Waals surface area (Å²) in [4.78, 5) is 29.5. The van der Waals surface area contributed by atoms with Gasteiger partial charge in [-0.1, -0.05) is 0 Å². The molecule has 8 nitrogen and oxygen atoms in total. The van der Waals surface area contributed by atoms with E-state index in [1.165, 1.54) is 9.21 Å². The molecular weight excluding hydrogens is 404 g/mol. The maximum absolute atomic E-state index is 13.3. The van der Waals surface area contributed by atoms with E-state index in [0.29, 0.717) is 18.8 Å². The van der Waals surface area contributed by atoms with E-state index in [9.17, 15) is 18.0 Å². The minimum atomic E-state index is -3.61. The standard InChI is InChI=1S/C21H30N4O4S/c1-15(2)22-20(26)14-25-19-13-16(30(28,29)23-10-5-6-11-23)8-9-17(19)24-12-4-3-7-18(24)21(25)27/h8-9,13,15,18H,3-7,10-12,14H2,1-2H3,(H,22,26)/t18-/m1/s1. The van der Waals surface area contributed by atoms with Crippen LogP contribution in [0.4, 0.5) is 11.4 Å². The molecule has 1 N–H and O–H groups in total. The van der Waals surface area contributed by atoms with Crippen molar-refractivity contribution in [3.63, 3.8) is 0 Å². The number of hydrogen-bond donors (Lipinski definition) is 1. The Bertz CT molecular complexity index is 940. The number of anilines is 2. The second-order valence-corrected chi connectivity index (χ2v) is 10.6. The lowest BCUT2D eigenvalue weighted by Crippen LogP contribution is -2.57. The number of benzene rings is 1. The fourth-order valence-electron chi connectivity index (χ4n) is 4.65. The molecule has 1 aromatic carbocycles. The zero-order valence-electron chi connectivity index (χ0n) is 17.6. The Kier molecular flexibility index (Phi) is 5.76. The molecule has 1 atom stereocenters. The lowest BCUT2D eigenvalue weighted by molar-refractivity contribution is -0.125. The molecule has 0 aliphatic carbocycles. The lowest BCUT2D eigenvalue weighted by atomic mass is 9.96. The van der Waals surface area contributed by atoms with Crippen molar-refractivity contribution < 1.29 is 18.0 Å². The number of carbonyl (C=O) groups is 2. The summed E-state index contributed by atoms with van der Waals surface area (Å²) in [5.74, 6) is -0.377. The molecule has 3 aliphatic heterocycles. The minimum Gasteiger partial charge on any atom is -0.358 e. The average molecular weight is 435 g/mol. The fourth-order valence-corrected chi connectivity index (χ4v) is 6.19. The molecule has 2 fully saturated rings. The van der Waals surface area contributed by atoms with Crippen LogP contribution in [0.2, 0.25) is 0 Å². The van der Waals surface area contributed by atoms with E-state index < -0.39 is 10.0 Å². The SMILES string of the molecule is CC(C)NC(=O)CN1C(=O)[C@H]2CCCCN2c2ccc(S(=O)(=O)N3CCCC3)cc21. The molecule has 3 heterocycles. The number of rotatable bonds is 5. The Morgan fingerprint density at radius 2 is 1.80 bits per heavy atom. The molecular formula is C21H30N4O4S. The van der Waals surface area contributed by atoms with Crippen LogP contribution in [0.5, 0.6) is 0 Å². The van der Waals surface area contributed by atoms with Crippen molar-refractivity contribution in [2.24, 2.45) is 0 Å². The molecule has 2 amide bonds. The number of amides is 2. The Balaban J connectivity index is 1.74. The second-order valence-electron chi connectivity index (χ2n) is 8.61. The Morgan fingerprint density at radius 1 is 1.10 bits per heavy atom. The van der Waals surface area contributed by atoms with Gasteiger partial charge in [0.2, 0.25) is 21.8 Å². The van der Waals surface area contributed by atoms with Crippen LogP contribution in [0.15, 0.2) is 23.1 Å². The number of fused-ring (bicyclic) bond motifs is 3. The van der Waals surface area contributed by atoms with Crippen LogP contribution >= 0.6 is 0 Å². The van der Waals surface area contributed by atoms with Gasteiger partial charge < -0.3 is 10.2 Å². The van der Waals surface area contributed by atoms with Gasteiger partial charge >= 0.3 is 0 Å². The number of sulfonamides is 1. The normalized spacial score (nSPS) is 22.2. The van der Waals surface area contributed by atoms with Gasteiger partial charge in [0.25, 0.3) is 0 Å². The molecule has 0 unspecified atom stereocenters. The Morgan fingerprint density at radius 3 is 2.50 bits per heavy atom. The highest BCUT2D eigenvalue weighted by atomic mass is 32.2. The van der Waals surface area contributed by atoms with Crippen molar-refractivity contribution in [1.29, 1.82) is 0 Å². The molecule has 30 heavy (non-hydrogen) atoms. The van der Waals surface area contributed by atoms with Gasteiger partial charge in [0.05, 0.1) is 16.3 Å². The Hall–Kier alpha value is -2.13. The number of carbonyl (C=O) groups excluding carboxylic acids is 2. The van der Waals surface area contributed by atoms with Crippen molar-refractivity contribution in [2.45, 2.75) is 62.9 Å². The summed E-state index contributed by atoms with van der Waals surface area (Å²) in [7, 11) is -3.61. The summed E-state index contributed by atoms with van der Waals surface area (Å²) in [5.41, 5.74) is 1.34. The molecule has 0 radical (unpaired) electrons. The van der Waals surface area contributed by atoms with Crippen molar-refractivity contribution >= 4 is 33.2 Å². The minimum absolute atomic E-state index is 0.0371. The third-order valence-electron chi connectivity index (χ3n) is 6.06. The highest BCUT2D eigenvalue weighted by molar-refractivity contribution is 7.89. The van der Waals surface area contributed by atoms with Crippen LogP contribution < -0.4 is 15.1 Å². The van der Waals surface area contributed by atoms with Gasteiger partial charge in [0.1, 0.15) is 12.6 Å². The van der Waals surface area contributed by atoms with Gasteiger partial charge in [-0.15, -0.1) is 0 Å². The molecule has 0 saturated carbocycles. The second kappa shape index (κ2) is 8.19. The first-order valence-electron chi connectivity index (χ1n) is 10.8. The van der Waals surface area contributed by atoms with Crippen LogP contribution in [0.3, 0.4) is 0 Å². The average Bonchev–Trinajstić information content (AvgIpc) is 3.26. The number of hydrogen-bond acceptors (Lipinski definition) is 5. The zero-order chi connectivity index (χ0) is 21.5. The van der Waals surface area contributed by atoms with Crippen LogP contribution in [0.25, 0.3) is 0 Å². The quantitative estimate of drug-likeness (QED) is 0.762. The number of nitrogens with zero attached hydrogens (tertiary/aromatic N) is 3. The van der Waals surface area contributed by atoms with Gasteiger partial charge in [0.15, 0.2) is 0 Å². The van der Waals surface area contributed by atoms with Crippen molar-refractivity contribution in [2.75, 3.05) is 36.0 Å². The van der Waals surface area contributed by atoms with Crippen molar-refractivity contribution in [3.8, 4) is 0 Å². The molecule has 1 aromatic rings. The van der Waals surface area contributed by atoms with Gasteiger partial charge in [-0.2, -0.15) is 4.31 Å². The van der Waals surface area contributed by atoms with E-state index in [2.05, 4.69) is 10.2 Å². The number of nitrogens with one attached hydrogen (secondary N) is 1. The first kappa shape index (κ1) is 21.1. The van der Waals surface area contributed by atoms with E-state index in [-0.39, 0.29) is 35.3 Å². The van der Waals surface area contributed by atoms with E-state index in [0.717, 1.165) is 44.3 Å². The fraction of sp³-hybridized carbons (Fsp3) is 0.619. The van der Waals surface area contributed by atoms with Crippen molar-refractivity contribution in [3.05, 3.63) is 18.2 Å². The summed E-state index contributed by atoms with van der Waals surface area (Å²) in [6.07, 6.45) is 4.42. The first-order chi connectivity index (χ1) is 14.3. The predicted molar refractivity (Wildman–Crippen MR) is 115 cm³/mol. The van der Waals surface area contributed by atoms with Gasteiger partial charge in [0, 0.05) is 25.7 Å². The molecule has 3 aliphatic rings. The highest BCUT2D eigenvalue weighted by Gasteiger charge is 2.41. The van der Waals surface area contributed by atoms with Crippen LogP contribution in [0, 0.1) is 0 Å². The Labute approximate surface area is 178 Å². The summed E-state index contributed by atoms with van der Waals surface area (Å²) < 4.78 is 27.7. The van der Waals surface area contributed by atoms with Gasteiger partial charge in [-0.3, -0.25) is 14.5 Å². The monoisotopic (exact) mass is 434 g/mol. The van der Waals surface area contributed by atoms with Crippen LogP contribution in [-0.4, -0.2) is 62.8 Å². The van der Waals surface area contributed by atoms with E-state index >= 15 is 0 Å². The van der Waals surface area contributed by atoms with E-state index in [4.69, 9.17) is 0 Å². The molecule has 9 heteroatoms. The van der Waals surface area contributed by atoms with E-state index in [1.807, 2.05) is 13.8 Å². The highest BCUT2D eigenvalue weighted by Crippen LogP contribution is 2.41. The maximum atomic E-state index is 13.3. The van der Waals surface area contributed by atoms with Crippen LogP contribution in [-0.2, 0) is 19.6 Å². The molecule has 0 aromatic heterocycles. The van der Waals surface area contributed by atoms with Gasteiger partial charge in [-0.05, 0) is 64.2 Å². The molecule has 4 rings (SSSR count). The van der Waals surface area contributed by atoms with Crippen LogP contribution in [0.1, 0.15) is 46.0 Å². The van der Waals surface area contributed by atoms with Gasteiger partial charge in [-0.25, -0.2) is 8.42 Å². The van der Waals surface area contributed by atoms with Crippen molar-refractivity contribution in [1.82, 2.24) is 9.62 Å². The third-order valence-corrected chi connectivity index (χ3v) is 7.95. The van der Waals surface area contributed by atoms with E-state index in [1.54, 1.807) is 18.2 Å². The maximum Gasteiger partial charge on any atom is 0.250 e. The molecule has 0 bridgehead atoms. The molecule has 164 valence electrons. The topological polar surface area (TPSA) is 90.0 Å². The zero-order valence-corrected chi connectivity index (χ0v) is 18.5. The summed E-state index contributed by atoms with van der Waals surface area (Å²) >= 11 is 0. The predicted octanol–water partition coefficient (Wildman–Crippen LogP) is 1.70. The summed E-state index contributed by atoms with van der Waals surface area (Å²) in [6, 6.07) is 4.69. The smallest absolute Gasteiger partial charge is 0.250 e. The molecule has 2 saturated heterocycles. The molecule has 0 spiro atoms. The largest absolute Gasteiger partial charge is 0.358 e. The third kappa shape index (κ3) is 3.80. The lowest BCUT2D eigenvalue weighted by Gasteiger charge is -2.45. The first-order valence-corrected chi connectivity index (χ1v) is 12.2. The number of piperidine rings is 1. The summed E-state index contributed by atoms with van der Waals surface area (Å²) in [5, 5.41) is 2.83.